The fraction of sp³-hybridized carbons (Fsp3) is 0.250. The molecule has 0 saturated heterocycles. The van der Waals surface area contributed by atoms with E-state index in [2.05, 4.69) is 15.3 Å². The minimum Gasteiger partial charge on any atom is -0.354 e. The number of hydrogen-bond acceptors (Lipinski definition) is 4. The molecular weight excluding hydrogens is 310 g/mol. The number of para-hydroxylation sites is 2. The molecule has 24 heavy (non-hydrogen) atoms. The van der Waals surface area contributed by atoms with Gasteiger partial charge in [0.25, 0.3) is 5.56 Å². The highest BCUT2D eigenvalue weighted by atomic mass is 16.2. The molecule has 0 spiro atoms. The molecule has 0 atom stereocenters. The Bertz CT molecular complexity index is 969. The first kappa shape index (κ1) is 15.7. The summed E-state index contributed by atoms with van der Waals surface area (Å²) < 4.78 is 3.19. The SMILES string of the molecule is O=C(Cn1ccc(=O)[nH]c1=O)NCCCn1cnc2ccccc21. The molecule has 0 unspecified atom stereocenters. The third-order valence-corrected chi connectivity index (χ3v) is 3.64. The lowest BCUT2D eigenvalue weighted by atomic mass is 10.3. The molecule has 8 nitrogen and oxygen atoms in total. The number of nitrogens with zero attached hydrogens (tertiary/aromatic N) is 3. The lowest BCUT2D eigenvalue weighted by Gasteiger charge is -2.07. The van der Waals surface area contributed by atoms with E-state index >= 15 is 0 Å². The van der Waals surface area contributed by atoms with Gasteiger partial charge in [0, 0.05) is 25.4 Å². The third kappa shape index (κ3) is 3.60. The number of nitrogens with one attached hydrogen (secondary N) is 2. The summed E-state index contributed by atoms with van der Waals surface area (Å²) in [6, 6.07) is 9.07. The Hall–Kier alpha value is -3.16. The largest absolute Gasteiger partial charge is 0.354 e. The number of carbonyl (C=O) groups excluding carboxylic acids is 1. The zero-order valence-corrected chi connectivity index (χ0v) is 12.9. The highest BCUT2D eigenvalue weighted by molar-refractivity contribution is 5.76. The van der Waals surface area contributed by atoms with Crippen LogP contribution in [0, 0.1) is 0 Å². The maximum Gasteiger partial charge on any atom is 0.328 e. The highest BCUT2D eigenvalue weighted by Crippen LogP contribution is 2.11. The van der Waals surface area contributed by atoms with Crippen LogP contribution in [-0.2, 0) is 17.9 Å². The van der Waals surface area contributed by atoms with Crippen molar-refractivity contribution in [2.45, 2.75) is 19.5 Å². The summed E-state index contributed by atoms with van der Waals surface area (Å²) >= 11 is 0. The van der Waals surface area contributed by atoms with E-state index in [1.165, 1.54) is 12.3 Å². The van der Waals surface area contributed by atoms with Gasteiger partial charge in [-0.2, -0.15) is 0 Å². The standard InChI is InChI=1S/C16H17N5O3/c22-14-6-9-20(16(24)19-14)10-15(23)17-7-3-8-21-11-18-12-4-1-2-5-13(12)21/h1-2,4-6,9,11H,3,7-8,10H2,(H,17,23)(H,19,22,24). The number of aromatic amines is 1. The number of hydrogen-bond donors (Lipinski definition) is 2. The van der Waals surface area contributed by atoms with Crippen LogP contribution >= 0.6 is 0 Å². The smallest absolute Gasteiger partial charge is 0.328 e. The van der Waals surface area contributed by atoms with Crippen LogP contribution in [0.1, 0.15) is 6.42 Å². The molecular formula is C16H17N5O3. The molecule has 3 aromatic rings. The molecule has 2 N–H and O–H groups in total. The van der Waals surface area contributed by atoms with Gasteiger partial charge in [-0.25, -0.2) is 9.78 Å². The lowest BCUT2D eigenvalue weighted by Crippen LogP contribution is -2.35. The number of imidazole rings is 1. The summed E-state index contributed by atoms with van der Waals surface area (Å²) in [5.74, 6) is -0.278. The molecule has 2 heterocycles. The normalized spacial score (nSPS) is 10.8. The van der Waals surface area contributed by atoms with Crippen molar-refractivity contribution in [1.29, 1.82) is 0 Å². The van der Waals surface area contributed by atoms with Gasteiger partial charge in [-0.15, -0.1) is 0 Å². The summed E-state index contributed by atoms with van der Waals surface area (Å²) in [7, 11) is 0. The predicted octanol–water partition coefficient (Wildman–Crippen LogP) is 0.0928. The Morgan fingerprint density at radius 2 is 2.00 bits per heavy atom. The number of benzene rings is 1. The Morgan fingerprint density at radius 3 is 2.83 bits per heavy atom. The van der Waals surface area contributed by atoms with Gasteiger partial charge in [-0.1, -0.05) is 12.1 Å². The van der Waals surface area contributed by atoms with Gasteiger partial charge in [-0.3, -0.25) is 19.1 Å². The van der Waals surface area contributed by atoms with Crippen LogP contribution in [0.15, 0.2) is 52.4 Å². The van der Waals surface area contributed by atoms with Crippen molar-refractivity contribution >= 4 is 16.9 Å². The first-order valence-electron chi connectivity index (χ1n) is 7.60. The zero-order valence-electron chi connectivity index (χ0n) is 12.9. The van der Waals surface area contributed by atoms with E-state index in [-0.39, 0.29) is 12.5 Å². The van der Waals surface area contributed by atoms with Gasteiger partial charge in [0.2, 0.25) is 5.91 Å². The number of aromatic nitrogens is 4. The van der Waals surface area contributed by atoms with E-state index in [0.717, 1.165) is 28.6 Å². The van der Waals surface area contributed by atoms with Crippen molar-refractivity contribution in [2.75, 3.05) is 6.54 Å². The van der Waals surface area contributed by atoms with Crippen molar-refractivity contribution in [3.05, 3.63) is 63.7 Å². The molecule has 0 aliphatic carbocycles. The second kappa shape index (κ2) is 6.95. The van der Waals surface area contributed by atoms with Gasteiger partial charge in [0.05, 0.1) is 17.4 Å². The molecule has 1 aromatic carbocycles. The van der Waals surface area contributed by atoms with E-state index in [1.807, 2.05) is 28.8 Å². The van der Waals surface area contributed by atoms with Gasteiger partial charge >= 0.3 is 5.69 Å². The van der Waals surface area contributed by atoms with E-state index in [9.17, 15) is 14.4 Å². The average Bonchev–Trinajstić information content (AvgIpc) is 2.98. The minimum atomic E-state index is -0.595. The molecule has 8 heteroatoms. The maximum atomic E-state index is 11.8. The average molecular weight is 327 g/mol. The second-order valence-corrected chi connectivity index (χ2v) is 5.37. The van der Waals surface area contributed by atoms with Crippen LogP contribution in [0.2, 0.25) is 0 Å². The molecule has 0 aliphatic rings. The number of carbonyl (C=O) groups is 1. The predicted molar refractivity (Wildman–Crippen MR) is 88.7 cm³/mol. The number of H-pyrrole nitrogens is 1. The monoisotopic (exact) mass is 327 g/mol. The summed E-state index contributed by atoms with van der Waals surface area (Å²) in [6.07, 6.45) is 3.83. The highest BCUT2D eigenvalue weighted by Gasteiger charge is 2.05. The first-order valence-corrected chi connectivity index (χ1v) is 7.60. The van der Waals surface area contributed by atoms with Crippen LogP contribution in [0.4, 0.5) is 0 Å². The van der Waals surface area contributed by atoms with Crippen LogP contribution in [0.25, 0.3) is 11.0 Å². The Kier molecular flexibility index (Phi) is 4.55. The molecule has 2 aromatic heterocycles. The van der Waals surface area contributed by atoms with Crippen molar-refractivity contribution in [1.82, 2.24) is 24.4 Å². The second-order valence-electron chi connectivity index (χ2n) is 5.37. The number of fused-ring (bicyclic) bond motifs is 1. The Morgan fingerprint density at radius 1 is 1.17 bits per heavy atom. The van der Waals surface area contributed by atoms with Crippen LogP contribution in [0.3, 0.4) is 0 Å². The van der Waals surface area contributed by atoms with E-state index in [1.54, 1.807) is 6.33 Å². The first-order chi connectivity index (χ1) is 11.6. The van der Waals surface area contributed by atoms with Crippen molar-refractivity contribution in [3.8, 4) is 0 Å². The molecule has 1 amide bonds. The van der Waals surface area contributed by atoms with Crippen molar-refractivity contribution in [2.24, 2.45) is 0 Å². The van der Waals surface area contributed by atoms with Crippen molar-refractivity contribution in [3.63, 3.8) is 0 Å². The van der Waals surface area contributed by atoms with Crippen LogP contribution < -0.4 is 16.6 Å². The molecule has 0 aliphatic heterocycles. The summed E-state index contributed by atoms with van der Waals surface area (Å²) in [5, 5.41) is 2.76. The summed E-state index contributed by atoms with van der Waals surface area (Å²) in [4.78, 5) is 40.7. The minimum absolute atomic E-state index is 0.121. The Labute approximate surface area is 136 Å². The maximum absolute atomic E-state index is 11.8. The zero-order chi connectivity index (χ0) is 16.9. The van der Waals surface area contributed by atoms with Gasteiger partial charge < -0.3 is 9.88 Å². The van der Waals surface area contributed by atoms with E-state index < -0.39 is 11.2 Å². The van der Waals surface area contributed by atoms with Gasteiger partial charge in [-0.05, 0) is 18.6 Å². The lowest BCUT2D eigenvalue weighted by molar-refractivity contribution is -0.121. The number of rotatable bonds is 6. The molecule has 0 radical (unpaired) electrons. The fourth-order valence-electron chi connectivity index (χ4n) is 2.45. The van der Waals surface area contributed by atoms with Crippen LogP contribution in [-0.4, -0.2) is 31.6 Å². The van der Waals surface area contributed by atoms with Crippen LogP contribution in [0.5, 0.6) is 0 Å². The van der Waals surface area contributed by atoms with Gasteiger partial charge in [0.15, 0.2) is 0 Å². The molecule has 124 valence electrons. The topological polar surface area (TPSA) is 102 Å². The van der Waals surface area contributed by atoms with Gasteiger partial charge in [0.1, 0.15) is 6.54 Å². The van der Waals surface area contributed by atoms with Crippen molar-refractivity contribution < 1.29 is 4.79 Å². The molecule has 0 bridgehead atoms. The molecule has 0 fully saturated rings. The van der Waals surface area contributed by atoms with E-state index in [4.69, 9.17) is 0 Å². The van der Waals surface area contributed by atoms with E-state index in [0.29, 0.717) is 6.54 Å². The number of aryl methyl sites for hydroxylation is 1. The quantitative estimate of drug-likeness (QED) is 0.627. The molecule has 0 saturated carbocycles. The Balaban J connectivity index is 1.48. The molecule has 3 rings (SSSR count). The third-order valence-electron chi connectivity index (χ3n) is 3.64. The summed E-state index contributed by atoms with van der Waals surface area (Å²) in [6.45, 7) is 1.10. The number of amides is 1. The summed E-state index contributed by atoms with van der Waals surface area (Å²) in [5.41, 5.74) is 0.925. The fourth-order valence-corrected chi connectivity index (χ4v) is 2.45.